The number of hydrogen-bond donors (Lipinski definition) is 1. The molecule has 2 aliphatic heterocycles. The zero-order chi connectivity index (χ0) is 14.9. The first-order valence-corrected chi connectivity index (χ1v) is 8.65. The third-order valence-corrected chi connectivity index (χ3v) is 5.78. The number of sulfonamides is 1. The largest absolute Gasteiger partial charge is 0.490 e. The number of nitrogens with zero attached hydrogens (tertiary/aromatic N) is 1. The molecular weight excluding hydrogens is 328 g/mol. The van der Waals surface area contributed by atoms with E-state index in [0.717, 1.165) is 6.42 Å². The van der Waals surface area contributed by atoms with E-state index < -0.39 is 10.0 Å². The summed E-state index contributed by atoms with van der Waals surface area (Å²) in [6, 6.07) is 4.79. The van der Waals surface area contributed by atoms with E-state index in [9.17, 15) is 8.42 Å². The van der Waals surface area contributed by atoms with Crippen LogP contribution in [0.15, 0.2) is 23.1 Å². The van der Waals surface area contributed by atoms with Crippen LogP contribution in [0.1, 0.15) is 13.3 Å². The molecule has 0 spiro atoms. The SMILES string of the molecule is C[C@@H]1CNCCN1S(=O)(=O)c1ccc2c(c1)OCCCO2.Cl. The van der Waals surface area contributed by atoms with E-state index in [0.29, 0.717) is 44.3 Å². The minimum atomic E-state index is -3.50. The Bertz CT molecular complexity index is 623. The molecule has 1 aromatic rings. The Morgan fingerprint density at radius 2 is 1.95 bits per heavy atom. The highest BCUT2D eigenvalue weighted by molar-refractivity contribution is 7.89. The zero-order valence-electron chi connectivity index (χ0n) is 12.4. The lowest BCUT2D eigenvalue weighted by Crippen LogP contribution is -2.52. The Balaban J connectivity index is 0.00000176. The molecule has 1 fully saturated rings. The predicted molar refractivity (Wildman–Crippen MR) is 85.5 cm³/mol. The molecule has 0 aromatic heterocycles. The molecule has 0 bridgehead atoms. The van der Waals surface area contributed by atoms with Crippen LogP contribution in [0.5, 0.6) is 11.5 Å². The van der Waals surface area contributed by atoms with Gasteiger partial charge < -0.3 is 14.8 Å². The second-order valence-electron chi connectivity index (χ2n) is 5.33. The van der Waals surface area contributed by atoms with Crippen LogP contribution in [0.2, 0.25) is 0 Å². The lowest BCUT2D eigenvalue weighted by molar-refractivity contribution is 0.283. The Kier molecular flexibility index (Phi) is 5.55. The number of halogens is 1. The van der Waals surface area contributed by atoms with Gasteiger partial charge in [0.1, 0.15) is 0 Å². The maximum absolute atomic E-state index is 12.8. The molecule has 1 atom stereocenters. The fraction of sp³-hybridized carbons (Fsp3) is 0.571. The maximum Gasteiger partial charge on any atom is 0.243 e. The molecule has 2 heterocycles. The average Bonchev–Trinajstić information content (AvgIpc) is 2.72. The third-order valence-electron chi connectivity index (χ3n) is 3.77. The highest BCUT2D eigenvalue weighted by Crippen LogP contribution is 2.33. The fourth-order valence-corrected chi connectivity index (χ4v) is 4.27. The summed E-state index contributed by atoms with van der Waals surface area (Å²) in [5.41, 5.74) is 0. The van der Waals surface area contributed by atoms with Crippen molar-refractivity contribution in [3.8, 4) is 11.5 Å². The Hall–Kier alpha value is -1.02. The number of hydrogen-bond acceptors (Lipinski definition) is 5. The molecule has 0 amide bonds. The first kappa shape index (κ1) is 17.3. The Morgan fingerprint density at radius 1 is 1.23 bits per heavy atom. The molecule has 1 aromatic carbocycles. The van der Waals surface area contributed by atoms with Crippen molar-refractivity contribution >= 4 is 22.4 Å². The van der Waals surface area contributed by atoms with E-state index >= 15 is 0 Å². The van der Waals surface area contributed by atoms with Gasteiger partial charge >= 0.3 is 0 Å². The van der Waals surface area contributed by atoms with Crippen molar-refractivity contribution in [3.63, 3.8) is 0 Å². The Morgan fingerprint density at radius 3 is 2.68 bits per heavy atom. The Labute approximate surface area is 137 Å². The minimum Gasteiger partial charge on any atom is -0.490 e. The summed E-state index contributed by atoms with van der Waals surface area (Å²) in [5.74, 6) is 1.12. The monoisotopic (exact) mass is 348 g/mol. The lowest BCUT2D eigenvalue weighted by atomic mass is 10.3. The lowest BCUT2D eigenvalue weighted by Gasteiger charge is -2.32. The number of benzene rings is 1. The van der Waals surface area contributed by atoms with Crippen molar-refractivity contribution in [2.24, 2.45) is 0 Å². The van der Waals surface area contributed by atoms with Gasteiger partial charge in [-0.1, -0.05) is 0 Å². The summed E-state index contributed by atoms with van der Waals surface area (Å²) in [4.78, 5) is 0.264. The second kappa shape index (κ2) is 7.04. The molecule has 0 aliphatic carbocycles. The maximum atomic E-state index is 12.8. The fourth-order valence-electron chi connectivity index (χ4n) is 2.62. The molecule has 2 aliphatic rings. The van der Waals surface area contributed by atoms with E-state index in [2.05, 4.69) is 5.32 Å². The molecule has 8 heteroatoms. The van der Waals surface area contributed by atoms with E-state index in [1.165, 1.54) is 0 Å². The van der Waals surface area contributed by atoms with Crippen LogP contribution in [0.4, 0.5) is 0 Å². The number of nitrogens with one attached hydrogen (secondary N) is 1. The topological polar surface area (TPSA) is 67.9 Å². The van der Waals surface area contributed by atoms with Crippen molar-refractivity contribution < 1.29 is 17.9 Å². The zero-order valence-corrected chi connectivity index (χ0v) is 14.1. The molecule has 22 heavy (non-hydrogen) atoms. The van der Waals surface area contributed by atoms with Crippen LogP contribution in [0, 0.1) is 0 Å². The van der Waals surface area contributed by atoms with Crippen molar-refractivity contribution in [1.82, 2.24) is 9.62 Å². The minimum absolute atomic E-state index is 0. The molecule has 0 saturated carbocycles. The number of rotatable bonds is 2. The van der Waals surface area contributed by atoms with Gasteiger partial charge in [0.25, 0.3) is 0 Å². The molecule has 1 N–H and O–H groups in total. The first-order valence-electron chi connectivity index (χ1n) is 7.21. The van der Waals surface area contributed by atoms with Crippen LogP contribution in [-0.2, 0) is 10.0 Å². The normalized spacial score (nSPS) is 22.5. The third kappa shape index (κ3) is 3.32. The highest BCUT2D eigenvalue weighted by Gasteiger charge is 2.31. The summed E-state index contributed by atoms with van der Waals surface area (Å²) < 4.78 is 38.2. The van der Waals surface area contributed by atoms with E-state index in [4.69, 9.17) is 9.47 Å². The smallest absolute Gasteiger partial charge is 0.243 e. The van der Waals surface area contributed by atoms with Gasteiger partial charge in [0, 0.05) is 38.2 Å². The van der Waals surface area contributed by atoms with Gasteiger partial charge in [-0.3, -0.25) is 0 Å². The van der Waals surface area contributed by atoms with Gasteiger partial charge in [-0.15, -0.1) is 12.4 Å². The van der Waals surface area contributed by atoms with E-state index in [1.54, 1.807) is 22.5 Å². The number of piperazine rings is 1. The van der Waals surface area contributed by atoms with Gasteiger partial charge in [-0.2, -0.15) is 4.31 Å². The number of ether oxygens (including phenoxy) is 2. The van der Waals surface area contributed by atoms with E-state index in [-0.39, 0.29) is 23.3 Å². The van der Waals surface area contributed by atoms with Gasteiger partial charge in [-0.05, 0) is 19.1 Å². The summed E-state index contributed by atoms with van der Waals surface area (Å²) in [7, 11) is -3.50. The summed E-state index contributed by atoms with van der Waals surface area (Å²) in [6.45, 7) is 4.87. The van der Waals surface area contributed by atoms with Crippen LogP contribution >= 0.6 is 12.4 Å². The molecule has 0 radical (unpaired) electrons. The van der Waals surface area contributed by atoms with Gasteiger partial charge in [0.05, 0.1) is 18.1 Å². The van der Waals surface area contributed by atoms with E-state index in [1.807, 2.05) is 6.92 Å². The molecule has 3 rings (SSSR count). The first-order chi connectivity index (χ1) is 10.1. The number of fused-ring (bicyclic) bond motifs is 1. The van der Waals surface area contributed by atoms with Crippen molar-refractivity contribution in [1.29, 1.82) is 0 Å². The summed E-state index contributed by atoms with van der Waals surface area (Å²) in [5, 5.41) is 3.20. The average molecular weight is 349 g/mol. The van der Waals surface area contributed by atoms with Crippen LogP contribution < -0.4 is 14.8 Å². The summed E-state index contributed by atoms with van der Waals surface area (Å²) in [6.07, 6.45) is 0.797. The highest BCUT2D eigenvalue weighted by atomic mass is 35.5. The van der Waals surface area contributed by atoms with Crippen LogP contribution in [0.3, 0.4) is 0 Å². The quantitative estimate of drug-likeness (QED) is 0.871. The van der Waals surface area contributed by atoms with Crippen molar-refractivity contribution in [2.45, 2.75) is 24.3 Å². The van der Waals surface area contributed by atoms with Crippen molar-refractivity contribution in [3.05, 3.63) is 18.2 Å². The molecule has 0 unspecified atom stereocenters. The predicted octanol–water partition coefficient (Wildman–Crippen LogP) is 1.25. The van der Waals surface area contributed by atoms with Gasteiger partial charge in [0.2, 0.25) is 10.0 Å². The molecule has 1 saturated heterocycles. The summed E-state index contributed by atoms with van der Waals surface area (Å²) >= 11 is 0. The molecular formula is C14H21ClN2O4S. The standard InChI is InChI=1S/C14H20N2O4S.ClH/c1-11-10-15-5-6-16(11)21(17,18)12-3-4-13-14(9-12)20-8-2-7-19-13;/h3-4,9,11,15H,2,5-8,10H2,1H3;1H/t11-;/m1./s1. The van der Waals surface area contributed by atoms with Gasteiger partial charge in [-0.25, -0.2) is 8.42 Å². The second-order valence-corrected chi connectivity index (χ2v) is 7.22. The van der Waals surface area contributed by atoms with Crippen LogP contribution in [0.25, 0.3) is 0 Å². The van der Waals surface area contributed by atoms with Crippen LogP contribution in [-0.4, -0.2) is 51.6 Å². The van der Waals surface area contributed by atoms with Gasteiger partial charge in [0.15, 0.2) is 11.5 Å². The van der Waals surface area contributed by atoms with Crippen molar-refractivity contribution in [2.75, 3.05) is 32.8 Å². The molecule has 124 valence electrons. The molecule has 6 nitrogen and oxygen atoms in total.